The summed E-state index contributed by atoms with van der Waals surface area (Å²) < 4.78 is 13.3. The largest absolute Gasteiger partial charge is 0.486 e. The van der Waals surface area contributed by atoms with E-state index in [0.717, 1.165) is 33.1 Å². The zero-order valence-electron chi connectivity index (χ0n) is 18.8. The fourth-order valence-electron chi connectivity index (χ4n) is 3.32. The van der Waals surface area contributed by atoms with E-state index in [1.807, 2.05) is 29.1 Å². The number of nitrogens with zero attached hydrogens (tertiary/aromatic N) is 3. The van der Waals surface area contributed by atoms with Gasteiger partial charge in [0.1, 0.15) is 13.2 Å². The normalized spacial score (nSPS) is 14.6. The van der Waals surface area contributed by atoms with E-state index in [2.05, 4.69) is 64.3 Å². The molecular formula is C25H29N3O2S. The first-order chi connectivity index (χ1) is 14.8. The highest BCUT2D eigenvalue weighted by molar-refractivity contribution is 7.07. The van der Waals surface area contributed by atoms with E-state index in [1.54, 1.807) is 11.3 Å². The molecule has 162 valence electrons. The number of hydrogen-bond acceptors (Lipinski definition) is 5. The summed E-state index contributed by atoms with van der Waals surface area (Å²) in [4.78, 5) is 5.63. The molecule has 31 heavy (non-hydrogen) atoms. The van der Waals surface area contributed by atoms with Gasteiger partial charge in [-0.3, -0.25) is 4.99 Å². The Morgan fingerprint density at radius 1 is 1.00 bits per heavy atom. The summed E-state index contributed by atoms with van der Waals surface area (Å²) in [6.45, 7) is 12.0. The Kier molecular flexibility index (Phi) is 6.01. The van der Waals surface area contributed by atoms with Gasteiger partial charge >= 0.3 is 0 Å². The smallest absolute Gasteiger partial charge is 0.206 e. The summed E-state index contributed by atoms with van der Waals surface area (Å²) in [7, 11) is 0. The Hall–Kier alpha value is -2.86. The molecule has 0 spiro atoms. The molecule has 0 radical (unpaired) electrons. The molecule has 1 aliphatic heterocycles. The van der Waals surface area contributed by atoms with E-state index < -0.39 is 0 Å². The summed E-state index contributed by atoms with van der Waals surface area (Å²) in [5, 5.41) is 6.90. The molecule has 0 saturated heterocycles. The molecule has 5 nitrogen and oxygen atoms in total. The van der Waals surface area contributed by atoms with Crippen LogP contribution in [0.2, 0.25) is 0 Å². The van der Waals surface area contributed by atoms with Crippen molar-refractivity contribution in [2.24, 2.45) is 10.1 Å². The van der Waals surface area contributed by atoms with Crippen LogP contribution in [0, 0.1) is 0 Å². The summed E-state index contributed by atoms with van der Waals surface area (Å²) in [5.41, 5.74) is 4.48. The maximum absolute atomic E-state index is 5.77. The van der Waals surface area contributed by atoms with Crippen LogP contribution < -0.4 is 14.3 Å². The van der Waals surface area contributed by atoms with Gasteiger partial charge in [-0.2, -0.15) is 5.10 Å². The molecule has 0 bridgehead atoms. The molecule has 0 N–H and O–H groups in total. The summed E-state index contributed by atoms with van der Waals surface area (Å²) in [5.74, 6) is 1.55. The summed E-state index contributed by atoms with van der Waals surface area (Å²) in [6, 6.07) is 14.7. The highest BCUT2D eigenvalue weighted by Gasteiger charge is 2.15. The molecule has 0 unspecified atom stereocenters. The first kappa shape index (κ1) is 21.4. The van der Waals surface area contributed by atoms with Crippen LogP contribution in [0.4, 0.5) is 0 Å². The second-order valence-electron chi connectivity index (χ2n) is 8.91. The minimum Gasteiger partial charge on any atom is -0.486 e. The Morgan fingerprint density at radius 3 is 2.39 bits per heavy atom. The zero-order valence-corrected chi connectivity index (χ0v) is 19.6. The van der Waals surface area contributed by atoms with Gasteiger partial charge < -0.3 is 9.47 Å². The van der Waals surface area contributed by atoms with Gasteiger partial charge in [-0.15, -0.1) is 11.3 Å². The van der Waals surface area contributed by atoms with Gasteiger partial charge in [0.2, 0.25) is 4.80 Å². The first-order valence-electron chi connectivity index (χ1n) is 10.6. The number of hydrogen-bond donors (Lipinski definition) is 0. The maximum atomic E-state index is 5.77. The summed E-state index contributed by atoms with van der Waals surface area (Å²) >= 11 is 1.59. The average molecular weight is 436 g/mol. The molecule has 0 atom stereocenters. The Labute approximate surface area is 187 Å². The fraction of sp³-hybridized carbons (Fsp3) is 0.360. The monoisotopic (exact) mass is 435 g/mol. The topological polar surface area (TPSA) is 48.1 Å². The van der Waals surface area contributed by atoms with Crippen molar-refractivity contribution < 1.29 is 9.47 Å². The van der Waals surface area contributed by atoms with E-state index in [1.165, 1.54) is 5.56 Å². The number of rotatable bonds is 4. The zero-order chi connectivity index (χ0) is 22.0. The Bertz CT molecular complexity index is 1150. The minimum absolute atomic E-state index is 0.131. The lowest BCUT2D eigenvalue weighted by Crippen LogP contribution is -2.16. The van der Waals surface area contributed by atoms with Gasteiger partial charge in [0, 0.05) is 17.0 Å². The third-order valence-corrected chi connectivity index (χ3v) is 5.82. The van der Waals surface area contributed by atoms with Crippen molar-refractivity contribution in [3.63, 3.8) is 0 Å². The lowest BCUT2D eigenvalue weighted by atomic mass is 9.87. The molecule has 0 fully saturated rings. The fourth-order valence-corrected chi connectivity index (χ4v) is 4.29. The van der Waals surface area contributed by atoms with Crippen molar-refractivity contribution in [3.8, 4) is 22.8 Å². The van der Waals surface area contributed by atoms with E-state index in [4.69, 9.17) is 19.6 Å². The number of ether oxygens (including phenoxy) is 2. The second-order valence-corrected chi connectivity index (χ2v) is 9.75. The van der Waals surface area contributed by atoms with Gasteiger partial charge in [0.15, 0.2) is 11.5 Å². The Morgan fingerprint density at radius 2 is 1.71 bits per heavy atom. The van der Waals surface area contributed by atoms with Crippen molar-refractivity contribution in [2.45, 2.75) is 46.1 Å². The molecule has 2 heterocycles. The van der Waals surface area contributed by atoms with Crippen molar-refractivity contribution >= 4 is 17.6 Å². The van der Waals surface area contributed by atoms with Gasteiger partial charge in [0.05, 0.1) is 11.9 Å². The average Bonchev–Trinajstić information content (AvgIpc) is 3.13. The van der Waals surface area contributed by atoms with E-state index in [0.29, 0.717) is 13.2 Å². The molecule has 0 amide bonds. The molecule has 1 aromatic heterocycles. The van der Waals surface area contributed by atoms with Crippen LogP contribution >= 0.6 is 11.3 Å². The lowest BCUT2D eigenvalue weighted by molar-refractivity contribution is 0.171. The van der Waals surface area contributed by atoms with E-state index >= 15 is 0 Å². The van der Waals surface area contributed by atoms with Crippen molar-refractivity contribution in [3.05, 3.63) is 63.8 Å². The van der Waals surface area contributed by atoms with Gasteiger partial charge in [-0.25, -0.2) is 4.68 Å². The molecule has 6 heteroatoms. The third kappa shape index (κ3) is 4.90. The van der Waals surface area contributed by atoms with E-state index in [9.17, 15) is 0 Å². The Balaban J connectivity index is 1.72. The SMILES string of the molecule is CC(C)N=c1scc(-c2ccc3c(c2)OCCO3)n1/N=C\c1ccc(C(C)(C)C)cc1. The molecule has 3 aromatic rings. The predicted octanol–water partition coefficient (Wildman–Crippen LogP) is 5.48. The van der Waals surface area contributed by atoms with Crippen molar-refractivity contribution in [2.75, 3.05) is 13.2 Å². The van der Waals surface area contributed by atoms with Gasteiger partial charge in [-0.05, 0) is 48.6 Å². The van der Waals surface area contributed by atoms with Crippen LogP contribution in [-0.4, -0.2) is 30.1 Å². The molecule has 0 saturated carbocycles. The molecule has 2 aromatic carbocycles. The lowest BCUT2D eigenvalue weighted by Gasteiger charge is -2.19. The van der Waals surface area contributed by atoms with Crippen LogP contribution in [0.25, 0.3) is 11.3 Å². The van der Waals surface area contributed by atoms with E-state index in [-0.39, 0.29) is 11.5 Å². The van der Waals surface area contributed by atoms with Gasteiger partial charge in [0.25, 0.3) is 0 Å². The number of benzene rings is 2. The summed E-state index contributed by atoms with van der Waals surface area (Å²) in [6.07, 6.45) is 1.89. The van der Waals surface area contributed by atoms with Crippen LogP contribution in [0.15, 0.2) is 57.9 Å². The van der Waals surface area contributed by atoms with Crippen LogP contribution in [0.1, 0.15) is 45.7 Å². The van der Waals surface area contributed by atoms with Crippen molar-refractivity contribution in [1.29, 1.82) is 0 Å². The molecule has 4 rings (SSSR count). The van der Waals surface area contributed by atoms with Crippen LogP contribution in [-0.2, 0) is 5.41 Å². The third-order valence-electron chi connectivity index (χ3n) is 4.99. The maximum Gasteiger partial charge on any atom is 0.206 e. The molecule has 0 aliphatic carbocycles. The number of aromatic nitrogens is 1. The van der Waals surface area contributed by atoms with Crippen LogP contribution in [0.5, 0.6) is 11.5 Å². The standard InChI is InChI=1S/C25H29N3O2S/c1-17(2)27-24-28(26-15-18-6-9-20(10-7-18)25(3,4)5)21(16-31-24)19-8-11-22-23(14-19)30-13-12-29-22/h6-11,14-17H,12-13H2,1-5H3/b26-15-,27-24?. The minimum atomic E-state index is 0.131. The van der Waals surface area contributed by atoms with Crippen molar-refractivity contribution in [1.82, 2.24) is 4.68 Å². The van der Waals surface area contributed by atoms with Crippen LogP contribution in [0.3, 0.4) is 0 Å². The highest BCUT2D eigenvalue weighted by atomic mass is 32.1. The number of thiazole rings is 1. The highest BCUT2D eigenvalue weighted by Crippen LogP contribution is 2.34. The second kappa shape index (κ2) is 8.71. The predicted molar refractivity (Wildman–Crippen MR) is 128 cm³/mol. The first-order valence-corrected chi connectivity index (χ1v) is 11.5. The molecule has 1 aliphatic rings. The number of fused-ring (bicyclic) bond motifs is 1. The quantitative estimate of drug-likeness (QED) is 0.510. The molecular weight excluding hydrogens is 406 g/mol. The van der Waals surface area contributed by atoms with Gasteiger partial charge in [-0.1, -0.05) is 45.0 Å².